The lowest BCUT2D eigenvalue weighted by Gasteiger charge is -2.25. The lowest BCUT2D eigenvalue weighted by Crippen LogP contribution is -2.46. The summed E-state index contributed by atoms with van der Waals surface area (Å²) < 4.78 is 0. The Kier molecular flexibility index (Phi) is 11.2. The Labute approximate surface area is 178 Å². The van der Waals surface area contributed by atoms with E-state index in [4.69, 9.17) is 5.84 Å². The number of nitrogens with two attached hydrogens (primary N) is 1. The summed E-state index contributed by atoms with van der Waals surface area (Å²) in [5.74, 6) is 5.98. The van der Waals surface area contributed by atoms with Gasteiger partial charge in [0.2, 0.25) is 18.3 Å². The molecule has 30 heavy (non-hydrogen) atoms. The van der Waals surface area contributed by atoms with Gasteiger partial charge in [-0.15, -0.1) is 0 Å². The highest BCUT2D eigenvalue weighted by molar-refractivity contribution is 5.92. The molecule has 1 unspecified atom stereocenters. The number of aromatic nitrogens is 3. The molecule has 0 radical (unpaired) electrons. The van der Waals surface area contributed by atoms with Crippen molar-refractivity contribution in [1.29, 1.82) is 0 Å². The summed E-state index contributed by atoms with van der Waals surface area (Å²) in [5.41, 5.74) is 0. The smallest absolute Gasteiger partial charge is 0.252 e. The molecular formula is C19H36N8O3. The van der Waals surface area contributed by atoms with Crippen LogP contribution in [0.2, 0.25) is 0 Å². The average Bonchev–Trinajstić information content (AvgIpc) is 2.75. The van der Waals surface area contributed by atoms with Gasteiger partial charge in [-0.05, 0) is 20.5 Å². The average molecular weight is 425 g/mol. The van der Waals surface area contributed by atoms with Gasteiger partial charge in [0.05, 0.1) is 12.5 Å². The van der Waals surface area contributed by atoms with Gasteiger partial charge in [-0.3, -0.25) is 14.8 Å². The molecule has 2 amide bonds. The second-order valence-corrected chi connectivity index (χ2v) is 7.56. The highest BCUT2D eigenvalue weighted by atomic mass is 16.5. The fourth-order valence-electron chi connectivity index (χ4n) is 2.78. The van der Waals surface area contributed by atoms with E-state index < -0.39 is 11.8 Å². The van der Waals surface area contributed by atoms with Crippen LogP contribution >= 0.6 is 0 Å². The molecule has 11 nitrogen and oxygen atoms in total. The van der Waals surface area contributed by atoms with E-state index in [-0.39, 0.29) is 18.9 Å². The molecule has 1 aromatic heterocycles. The molecule has 1 heterocycles. The summed E-state index contributed by atoms with van der Waals surface area (Å²) >= 11 is 0. The van der Waals surface area contributed by atoms with Gasteiger partial charge in [-0.1, -0.05) is 33.1 Å². The number of nitrogens with zero attached hydrogens (tertiary/aromatic N) is 7. The topological polar surface area (TPSA) is 132 Å². The molecule has 0 aliphatic heterocycles. The maximum absolute atomic E-state index is 13.0. The van der Waals surface area contributed by atoms with Crippen molar-refractivity contribution in [1.82, 2.24) is 24.9 Å². The second kappa shape index (κ2) is 13.0. The quantitative estimate of drug-likeness (QED) is 0.110. The van der Waals surface area contributed by atoms with Gasteiger partial charge in [-0.25, -0.2) is 15.9 Å². The summed E-state index contributed by atoms with van der Waals surface area (Å²) in [5, 5.41) is 11.0. The molecule has 0 fully saturated rings. The zero-order valence-corrected chi connectivity index (χ0v) is 18.8. The van der Waals surface area contributed by atoms with Crippen molar-refractivity contribution in [2.75, 3.05) is 50.7 Å². The van der Waals surface area contributed by atoms with Gasteiger partial charge >= 0.3 is 0 Å². The van der Waals surface area contributed by atoms with Crippen LogP contribution in [0.1, 0.15) is 45.4 Å². The zero-order valence-electron chi connectivity index (χ0n) is 18.8. The SMILES string of the molecule is CCCCCC(CN(O)C=O)C(=O)N(N)c1nc(CC)nc(N(C)CCN(C)C)n1. The van der Waals surface area contributed by atoms with Crippen LogP contribution in [0, 0.1) is 5.92 Å². The van der Waals surface area contributed by atoms with Gasteiger partial charge in [-0.2, -0.15) is 15.0 Å². The van der Waals surface area contributed by atoms with Crippen molar-refractivity contribution < 1.29 is 14.8 Å². The summed E-state index contributed by atoms with van der Waals surface area (Å²) in [6.45, 7) is 5.33. The summed E-state index contributed by atoms with van der Waals surface area (Å²) in [6, 6.07) is 0. The van der Waals surface area contributed by atoms with Gasteiger partial charge < -0.3 is 9.80 Å². The minimum Gasteiger partial charge on any atom is -0.342 e. The predicted molar refractivity (Wildman–Crippen MR) is 115 cm³/mol. The Morgan fingerprint density at radius 3 is 2.33 bits per heavy atom. The monoisotopic (exact) mass is 424 g/mol. The molecule has 0 saturated carbocycles. The summed E-state index contributed by atoms with van der Waals surface area (Å²) in [4.78, 5) is 40.9. The molecule has 1 rings (SSSR count). The number of hydrazine groups is 1. The number of rotatable bonds is 14. The third-order valence-electron chi connectivity index (χ3n) is 4.69. The Morgan fingerprint density at radius 2 is 1.77 bits per heavy atom. The summed E-state index contributed by atoms with van der Waals surface area (Å²) in [7, 11) is 5.83. The molecule has 0 aliphatic carbocycles. The summed E-state index contributed by atoms with van der Waals surface area (Å²) in [6.07, 6.45) is 4.03. The Morgan fingerprint density at radius 1 is 1.10 bits per heavy atom. The third-order valence-corrected chi connectivity index (χ3v) is 4.69. The maximum Gasteiger partial charge on any atom is 0.252 e. The largest absolute Gasteiger partial charge is 0.342 e. The normalized spacial score (nSPS) is 12.0. The molecule has 11 heteroatoms. The van der Waals surface area contributed by atoms with E-state index in [1.54, 1.807) is 0 Å². The van der Waals surface area contributed by atoms with Crippen molar-refractivity contribution in [2.24, 2.45) is 11.8 Å². The van der Waals surface area contributed by atoms with E-state index in [1.165, 1.54) is 0 Å². The predicted octanol–water partition coefficient (Wildman–Crippen LogP) is 0.683. The van der Waals surface area contributed by atoms with Crippen LogP contribution in [0.5, 0.6) is 0 Å². The number of likely N-dealkylation sites (N-methyl/N-ethyl adjacent to an activating group) is 2. The first-order chi connectivity index (χ1) is 14.2. The highest BCUT2D eigenvalue weighted by Crippen LogP contribution is 2.18. The molecule has 0 saturated heterocycles. The number of aryl methyl sites for hydroxylation is 1. The van der Waals surface area contributed by atoms with E-state index in [9.17, 15) is 14.8 Å². The van der Waals surface area contributed by atoms with E-state index in [0.29, 0.717) is 36.2 Å². The first-order valence-corrected chi connectivity index (χ1v) is 10.3. The minimum absolute atomic E-state index is 0.0506. The van der Waals surface area contributed by atoms with Crippen LogP contribution in [0.4, 0.5) is 11.9 Å². The van der Waals surface area contributed by atoms with Crippen molar-refractivity contribution in [3.8, 4) is 0 Å². The molecule has 1 atom stereocenters. The van der Waals surface area contributed by atoms with Crippen molar-refractivity contribution >= 4 is 24.2 Å². The van der Waals surface area contributed by atoms with Crippen LogP contribution < -0.4 is 15.8 Å². The number of unbranched alkanes of at least 4 members (excludes halogenated alkanes) is 2. The second-order valence-electron chi connectivity index (χ2n) is 7.56. The zero-order chi connectivity index (χ0) is 22.7. The van der Waals surface area contributed by atoms with E-state index in [2.05, 4.69) is 21.9 Å². The van der Waals surface area contributed by atoms with Gasteiger partial charge in [0.15, 0.2) is 0 Å². The highest BCUT2D eigenvalue weighted by Gasteiger charge is 2.27. The van der Waals surface area contributed by atoms with Gasteiger partial charge in [0, 0.05) is 26.6 Å². The first-order valence-electron chi connectivity index (χ1n) is 10.3. The van der Waals surface area contributed by atoms with E-state index in [1.807, 2.05) is 37.9 Å². The molecule has 170 valence electrons. The van der Waals surface area contributed by atoms with Crippen molar-refractivity contribution in [2.45, 2.75) is 46.0 Å². The number of amides is 2. The maximum atomic E-state index is 13.0. The Bertz CT molecular complexity index is 673. The fourth-order valence-corrected chi connectivity index (χ4v) is 2.78. The number of hydrogen-bond acceptors (Lipinski definition) is 9. The van der Waals surface area contributed by atoms with Crippen LogP contribution in [-0.4, -0.2) is 83.2 Å². The standard InChI is InChI=1S/C19H36N8O3/c1-6-8-9-10-15(13-26(30)14-28)17(29)27(20)19-22-16(7-2)21-18(23-19)25(5)12-11-24(3)4/h14-15,30H,6-13,20H2,1-5H3. The molecular weight excluding hydrogens is 388 g/mol. The van der Waals surface area contributed by atoms with Crippen LogP contribution in [0.25, 0.3) is 0 Å². The lowest BCUT2D eigenvalue weighted by atomic mass is 10.00. The number of hydrogen-bond donors (Lipinski definition) is 2. The molecule has 0 aromatic carbocycles. The Balaban J connectivity index is 3.08. The van der Waals surface area contributed by atoms with Crippen LogP contribution in [0.3, 0.4) is 0 Å². The number of hydroxylamine groups is 2. The molecule has 1 aromatic rings. The fraction of sp³-hybridized carbons (Fsp3) is 0.737. The van der Waals surface area contributed by atoms with Crippen molar-refractivity contribution in [3.05, 3.63) is 5.82 Å². The van der Waals surface area contributed by atoms with Crippen LogP contribution in [-0.2, 0) is 16.0 Å². The molecule has 0 spiro atoms. The van der Waals surface area contributed by atoms with Gasteiger partial charge in [0.1, 0.15) is 5.82 Å². The minimum atomic E-state index is -0.659. The number of carbonyl (C=O) groups excluding carboxylic acids is 2. The van der Waals surface area contributed by atoms with Crippen molar-refractivity contribution in [3.63, 3.8) is 0 Å². The molecule has 0 bridgehead atoms. The number of anilines is 2. The number of carbonyl (C=O) groups is 2. The molecule has 0 aliphatic rings. The van der Waals surface area contributed by atoms with E-state index in [0.717, 1.165) is 30.8 Å². The molecule has 3 N–H and O–H groups in total. The van der Waals surface area contributed by atoms with Crippen LogP contribution in [0.15, 0.2) is 0 Å². The van der Waals surface area contributed by atoms with E-state index >= 15 is 0 Å². The van der Waals surface area contributed by atoms with Gasteiger partial charge in [0.25, 0.3) is 5.95 Å². The first kappa shape index (κ1) is 25.7. The third kappa shape index (κ3) is 8.17. The lowest BCUT2D eigenvalue weighted by molar-refractivity contribution is -0.154. The Hall–Kier alpha value is -2.37.